The third-order valence-corrected chi connectivity index (χ3v) is 2.96. The fourth-order valence-electron chi connectivity index (χ4n) is 1.72. The zero-order valence-corrected chi connectivity index (χ0v) is 12.5. The normalized spacial score (nSPS) is 10.3. The van der Waals surface area contributed by atoms with Gasteiger partial charge in [0.15, 0.2) is 5.75 Å². The van der Waals surface area contributed by atoms with E-state index >= 15 is 0 Å². The molecule has 1 aromatic rings. The van der Waals surface area contributed by atoms with Gasteiger partial charge in [-0.05, 0) is 31.4 Å². The fraction of sp³-hybridized carbons (Fsp3) is 0.600. The molecule has 0 saturated heterocycles. The van der Waals surface area contributed by atoms with Crippen LogP contribution in [0.5, 0.6) is 11.5 Å². The molecule has 112 valence electrons. The fourth-order valence-corrected chi connectivity index (χ4v) is 1.72. The van der Waals surface area contributed by atoms with Crippen LogP contribution in [0.2, 0.25) is 0 Å². The van der Waals surface area contributed by atoms with Crippen LogP contribution in [0.15, 0.2) is 12.1 Å². The largest absolute Gasteiger partial charge is 0.493 e. The van der Waals surface area contributed by atoms with Gasteiger partial charge in [0, 0.05) is 0 Å². The maximum Gasteiger partial charge on any atom is 0.314 e. The SMILES string of the molecule is CCCCOc1cc([N+](=O)[O-])c(OCCCC)cc1C. The highest BCUT2D eigenvalue weighted by Crippen LogP contribution is 2.34. The number of aryl methyl sites for hydroxylation is 1. The van der Waals surface area contributed by atoms with Gasteiger partial charge in [0.1, 0.15) is 5.75 Å². The van der Waals surface area contributed by atoms with Gasteiger partial charge in [-0.3, -0.25) is 10.1 Å². The highest BCUT2D eigenvalue weighted by Gasteiger charge is 2.18. The Balaban J connectivity index is 2.89. The van der Waals surface area contributed by atoms with Gasteiger partial charge in [0.25, 0.3) is 0 Å². The van der Waals surface area contributed by atoms with Gasteiger partial charge >= 0.3 is 5.69 Å². The van der Waals surface area contributed by atoms with E-state index in [1.54, 1.807) is 6.07 Å². The van der Waals surface area contributed by atoms with Crippen LogP contribution in [0.25, 0.3) is 0 Å². The minimum absolute atomic E-state index is 0.0294. The standard InChI is InChI=1S/C15H23NO4/c1-4-6-8-19-14-11-13(16(17)18)15(10-12(14)3)20-9-7-5-2/h10-11H,4-9H2,1-3H3. The topological polar surface area (TPSA) is 61.6 Å². The molecule has 1 aromatic carbocycles. The van der Waals surface area contributed by atoms with Crippen LogP contribution in [-0.2, 0) is 0 Å². The zero-order valence-electron chi connectivity index (χ0n) is 12.5. The van der Waals surface area contributed by atoms with E-state index in [2.05, 4.69) is 6.92 Å². The molecule has 0 bridgehead atoms. The Hall–Kier alpha value is -1.78. The van der Waals surface area contributed by atoms with E-state index in [1.165, 1.54) is 6.07 Å². The van der Waals surface area contributed by atoms with E-state index in [0.717, 1.165) is 31.2 Å². The van der Waals surface area contributed by atoms with Crippen molar-refractivity contribution in [2.75, 3.05) is 13.2 Å². The first kappa shape index (κ1) is 16.3. The highest BCUT2D eigenvalue weighted by atomic mass is 16.6. The summed E-state index contributed by atoms with van der Waals surface area (Å²) in [4.78, 5) is 10.7. The van der Waals surface area contributed by atoms with Crippen molar-refractivity contribution >= 4 is 5.69 Å². The van der Waals surface area contributed by atoms with Crippen LogP contribution < -0.4 is 9.47 Å². The molecule has 1 rings (SSSR count). The van der Waals surface area contributed by atoms with Crippen molar-refractivity contribution in [3.05, 3.63) is 27.8 Å². The summed E-state index contributed by atoms with van der Waals surface area (Å²) in [6, 6.07) is 3.15. The number of hydrogen-bond acceptors (Lipinski definition) is 4. The van der Waals surface area contributed by atoms with Crippen molar-refractivity contribution in [1.29, 1.82) is 0 Å². The van der Waals surface area contributed by atoms with E-state index in [4.69, 9.17) is 9.47 Å². The third-order valence-electron chi connectivity index (χ3n) is 2.96. The maximum atomic E-state index is 11.1. The van der Waals surface area contributed by atoms with Crippen LogP contribution >= 0.6 is 0 Å². The molecule has 0 aromatic heterocycles. The molecule has 0 heterocycles. The molecule has 0 amide bonds. The number of nitro benzene ring substituents is 1. The molecule has 0 spiro atoms. The first-order valence-corrected chi connectivity index (χ1v) is 7.14. The Morgan fingerprint density at radius 3 is 2.10 bits per heavy atom. The number of rotatable bonds is 9. The second-order valence-electron chi connectivity index (χ2n) is 4.75. The van der Waals surface area contributed by atoms with Crippen molar-refractivity contribution < 1.29 is 14.4 Å². The van der Waals surface area contributed by atoms with Crippen LogP contribution in [-0.4, -0.2) is 18.1 Å². The smallest absolute Gasteiger partial charge is 0.314 e. The van der Waals surface area contributed by atoms with E-state index in [0.29, 0.717) is 24.7 Å². The molecular weight excluding hydrogens is 258 g/mol. The van der Waals surface area contributed by atoms with Crippen LogP contribution in [0, 0.1) is 17.0 Å². The van der Waals surface area contributed by atoms with Crippen molar-refractivity contribution in [1.82, 2.24) is 0 Å². The summed E-state index contributed by atoms with van der Waals surface area (Å²) in [6.07, 6.45) is 3.83. The van der Waals surface area contributed by atoms with Crippen LogP contribution in [0.4, 0.5) is 5.69 Å². The molecule has 5 heteroatoms. The molecule has 0 radical (unpaired) electrons. The highest BCUT2D eigenvalue weighted by molar-refractivity contribution is 5.54. The molecule has 0 aliphatic carbocycles. The van der Waals surface area contributed by atoms with Crippen molar-refractivity contribution in [3.63, 3.8) is 0 Å². The van der Waals surface area contributed by atoms with Gasteiger partial charge in [-0.25, -0.2) is 0 Å². The van der Waals surface area contributed by atoms with E-state index in [9.17, 15) is 10.1 Å². The Labute approximate surface area is 120 Å². The van der Waals surface area contributed by atoms with Gasteiger partial charge in [0.05, 0.1) is 24.2 Å². The molecule has 0 atom stereocenters. The van der Waals surface area contributed by atoms with Crippen molar-refractivity contribution in [3.8, 4) is 11.5 Å². The molecule has 0 aliphatic heterocycles. The van der Waals surface area contributed by atoms with Crippen molar-refractivity contribution in [2.45, 2.75) is 46.5 Å². The minimum atomic E-state index is -0.423. The molecule has 0 fully saturated rings. The number of ether oxygens (including phenoxy) is 2. The first-order chi connectivity index (χ1) is 9.60. The van der Waals surface area contributed by atoms with Gasteiger partial charge in [-0.1, -0.05) is 26.7 Å². The van der Waals surface area contributed by atoms with Crippen molar-refractivity contribution in [2.24, 2.45) is 0 Å². The van der Waals surface area contributed by atoms with Gasteiger partial charge in [-0.15, -0.1) is 0 Å². The lowest BCUT2D eigenvalue weighted by Crippen LogP contribution is -2.03. The number of nitro groups is 1. The second-order valence-corrected chi connectivity index (χ2v) is 4.75. The molecule has 0 aliphatic rings. The molecule has 0 saturated carbocycles. The molecule has 0 unspecified atom stereocenters. The maximum absolute atomic E-state index is 11.1. The Kier molecular flexibility index (Phi) is 6.84. The average molecular weight is 281 g/mol. The minimum Gasteiger partial charge on any atom is -0.493 e. The van der Waals surface area contributed by atoms with Gasteiger partial charge in [0.2, 0.25) is 0 Å². The zero-order chi connectivity index (χ0) is 15.0. The Morgan fingerprint density at radius 1 is 1.05 bits per heavy atom. The second kappa shape index (κ2) is 8.40. The van der Waals surface area contributed by atoms with E-state index < -0.39 is 4.92 Å². The number of benzene rings is 1. The van der Waals surface area contributed by atoms with Gasteiger partial charge in [-0.2, -0.15) is 0 Å². The lowest BCUT2D eigenvalue weighted by molar-refractivity contribution is -0.386. The predicted molar refractivity (Wildman–Crippen MR) is 78.6 cm³/mol. The number of unbranched alkanes of at least 4 members (excludes halogenated alkanes) is 2. The summed E-state index contributed by atoms with van der Waals surface area (Å²) in [7, 11) is 0. The number of nitrogens with zero attached hydrogens (tertiary/aromatic N) is 1. The molecule has 5 nitrogen and oxygen atoms in total. The summed E-state index contributed by atoms with van der Waals surface area (Å²) in [5.41, 5.74) is 0.830. The first-order valence-electron chi connectivity index (χ1n) is 7.14. The summed E-state index contributed by atoms with van der Waals surface area (Å²) in [5.74, 6) is 0.886. The van der Waals surface area contributed by atoms with Crippen LogP contribution in [0.3, 0.4) is 0 Å². The lowest BCUT2D eigenvalue weighted by atomic mass is 10.2. The lowest BCUT2D eigenvalue weighted by Gasteiger charge is -2.12. The van der Waals surface area contributed by atoms with E-state index in [1.807, 2.05) is 13.8 Å². The quantitative estimate of drug-likeness (QED) is 0.385. The average Bonchev–Trinajstić information content (AvgIpc) is 2.41. The summed E-state index contributed by atoms with van der Waals surface area (Å²) in [6.45, 7) is 7.06. The number of hydrogen-bond donors (Lipinski definition) is 0. The molecule has 20 heavy (non-hydrogen) atoms. The van der Waals surface area contributed by atoms with Crippen LogP contribution in [0.1, 0.15) is 45.1 Å². The molecule has 0 N–H and O–H groups in total. The Bertz CT molecular complexity index is 446. The third kappa shape index (κ3) is 4.72. The van der Waals surface area contributed by atoms with E-state index in [-0.39, 0.29) is 5.69 Å². The summed E-state index contributed by atoms with van der Waals surface area (Å²) < 4.78 is 11.1. The predicted octanol–water partition coefficient (Wildman–Crippen LogP) is 4.26. The summed E-state index contributed by atoms with van der Waals surface area (Å²) >= 11 is 0. The molecular formula is C15H23NO4. The monoisotopic (exact) mass is 281 g/mol. The Morgan fingerprint density at radius 2 is 1.60 bits per heavy atom. The summed E-state index contributed by atoms with van der Waals surface area (Å²) in [5, 5.41) is 11.1. The van der Waals surface area contributed by atoms with Gasteiger partial charge < -0.3 is 9.47 Å².